The van der Waals surface area contributed by atoms with E-state index in [1.54, 1.807) is 19.1 Å². The van der Waals surface area contributed by atoms with Crippen molar-refractivity contribution in [2.45, 2.75) is 38.0 Å². The number of Topliss-reactive ketones (excluding diaryl/α,β-unsaturated/α-hetero) is 1. The summed E-state index contributed by atoms with van der Waals surface area (Å²) in [7, 11) is 0. The number of hydrogen-bond donors (Lipinski definition) is 0. The van der Waals surface area contributed by atoms with Crippen molar-refractivity contribution in [3.05, 3.63) is 29.3 Å². The second kappa shape index (κ2) is 7.17. The zero-order valence-electron chi connectivity index (χ0n) is 13.5. The fourth-order valence-corrected chi connectivity index (χ4v) is 3.37. The third-order valence-electron chi connectivity index (χ3n) is 4.35. The molecule has 7 heteroatoms. The molecule has 1 heterocycles. The van der Waals surface area contributed by atoms with Gasteiger partial charge in [0.1, 0.15) is 11.2 Å². The highest BCUT2D eigenvalue weighted by atomic mass is 79.9. The maximum Gasteiger partial charge on any atom is 0.306 e. The summed E-state index contributed by atoms with van der Waals surface area (Å²) in [6.45, 7) is 2.37. The molecule has 0 amide bonds. The molecule has 1 aromatic carbocycles. The fourth-order valence-electron chi connectivity index (χ4n) is 2.81. The number of alkyl halides is 3. The average molecular weight is 405 g/mol. The van der Waals surface area contributed by atoms with E-state index in [0.717, 1.165) is 0 Å². The summed E-state index contributed by atoms with van der Waals surface area (Å²) in [6, 6.07) is 4.79. The van der Waals surface area contributed by atoms with Gasteiger partial charge in [0.15, 0.2) is 12.4 Å². The van der Waals surface area contributed by atoms with E-state index in [4.69, 9.17) is 9.47 Å². The van der Waals surface area contributed by atoms with Crippen LogP contribution in [0.4, 0.5) is 8.78 Å². The van der Waals surface area contributed by atoms with Gasteiger partial charge in [-0.25, -0.2) is 8.78 Å². The van der Waals surface area contributed by atoms with Gasteiger partial charge in [-0.2, -0.15) is 0 Å². The minimum absolute atomic E-state index is 0.118. The Morgan fingerprint density at radius 2 is 2.08 bits per heavy atom. The highest BCUT2D eigenvalue weighted by Crippen LogP contribution is 2.49. The van der Waals surface area contributed by atoms with Crippen LogP contribution in [0.5, 0.6) is 5.75 Å². The van der Waals surface area contributed by atoms with Crippen LogP contribution in [-0.2, 0) is 26.2 Å². The van der Waals surface area contributed by atoms with E-state index in [9.17, 15) is 18.4 Å². The third kappa shape index (κ3) is 3.18. The lowest BCUT2D eigenvalue weighted by Gasteiger charge is -2.41. The number of ether oxygens (including phenoxy) is 2. The molecule has 4 nitrogen and oxygen atoms in total. The van der Waals surface area contributed by atoms with Gasteiger partial charge in [-0.1, -0.05) is 34.1 Å². The molecule has 1 aliphatic rings. The fraction of sp³-hybridized carbons (Fsp3) is 0.529. The standard InChI is InChI=1S/C17H19BrF2O4/c1-3-23-14(22)8-7-11-5-4-6-12-15(11)24-10-17(19,20)16(12,2)13(21)9-18/h4-6H,3,7-10H2,1-2H3. The second-order valence-corrected chi connectivity index (χ2v) is 6.33. The Hall–Kier alpha value is -1.50. The van der Waals surface area contributed by atoms with Gasteiger partial charge in [-0.3, -0.25) is 9.59 Å². The monoisotopic (exact) mass is 404 g/mol. The molecule has 0 radical (unpaired) electrons. The summed E-state index contributed by atoms with van der Waals surface area (Å²) in [5.41, 5.74) is -1.20. The molecule has 0 bridgehead atoms. The van der Waals surface area contributed by atoms with Crippen LogP contribution in [-0.4, -0.2) is 36.2 Å². The van der Waals surface area contributed by atoms with Gasteiger partial charge in [0.05, 0.1) is 11.9 Å². The second-order valence-electron chi connectivity index (χ2n) is 5.77. The van der Waals surface area contributed by atoms with Crippen molar-refractivity contribution >= 4 is 27.7 Å². The first-order valence-electron chi connectivity index (χ1n) is 7.65. The van der Waals surface area contributed by atoms with Gasteiger partial charge in [-0.05, 0) is 25.8 Å². The van der Waals surface area contributed by atoms with E-state index in [1.165, 1.54) is 13.0 Å². The number of aryl methyl sites for hydroxylation is 1. The number of benzene rings is 1. The van der Waals surface area contributed by atoms with E-state index < -0.39 is 23.7 Å². The number of fused-ring (bicyclic) bond motifs is 1. The van der Waals surface area contributed by atoms with Gasteiger partial charge in [0.25, 0.3) is 5.92 Å². The van der Waals surface area contributed by atoms with Gasteiger partial charge < -0.3 is 9.47 Å². The smallest absolute Gasteiger partial charge is 0.306 e. The molecular formula is C17H19BrF2O4. The van der Waals surface area contributed by atoms with E-state index in [-0.39, 0.29) is 35.6 Å². The van der Waals surface area contributed by atoms with Crippen LogP contribution in [0, 0.1) is 0 Å². The van der Waals surface area contributed by atoms with Crippen LogP contribution in [0.1, 0.15) is 31.4 Å². The molecule has 0 aliphatic carbocycles. The van der Waals surface area contributed by atoms with E-state index >= 15 is 0 Å². The lowest BCUT2D eigenvalue weighted by Crippen LogP contribution is -2.55. The normalized spacial score (nSPS) is 21.5. The van der Waals surface area contributed by atoms with E-state index in [0.29, 0.717) is 12.0 Å². The zero-order valence-corrected chi connectivity index (χ0v) is 15.1. The highest BCUT2D eigenvalue weighted by molar-refractivity contribution is 9.09. The third-order valence-corrected chi connectivity index (χ3v) is 4.86. The summed E-state index contributed by atoms with van der Waals surface area (Å²) < 4.78 is 39.1. The molecule has 2 rings (SSSR count). The molecule has 0 saturated heterocycles. The molecule has 0 saturated carbocycles. The van der Waals surface area contributed by atoms with Crippen LogP contribution >= 0.6 is 15.9 Å². The number of halogens is 3. The van der Waals surface area contributed by atoms with E-state index in [2.05, 4.69) is 15.9 Å². The summed E-state index contributed by atoms with van der Waals surface area (Å²) in [6.07, 6.45) is 0.416. The van der Waals surface area contributed by atoms with Crippen molar-refractivity contribution in [2.75, 3.05) is 18.5 Å². The lowest BCUT2D eigenvalue weighted by molar-refractivity contribution is -0.150. The molecule has 24 heavy (non-hydrogen) atoms. The molecule has 132 valence electrons. The minimum Gasteiger partial charge on any atom is -0.487 e. The molecule has 0 spiro atoms. The minimum atomic E-state index is -3.31. The van der Waals surface area contributed by atoms with Gasteiger partial charge >= 0.3 is 5.97 Å². The van der Waals surface area contributed by atoms with Crippen LogP contribution in [0.15, 0.2) is 18.2 Å². The number of carbonyl (C=O) groups excluding carboxylic acids is 2. The molecule has 1 aromatic rings. The SMILES string of the molecule is CCOC(=O)CCc1cccc2c1OCC(F)(F)C2(C)C(=O)CBr. The number of carbonyl (C=O) groups is 2. The Bertz CT molecular complexity index is 647. The number of hydrogen-bond acceptors (Lipinski definition) is 4. The first-order chi connectivity index (χ1) is 11.3. The Morgan fingerprint density at radius 1 is 1.38 bits per heavy atom. The first kappa shape index (κ1) is 18.8. The molecular weight excluding hydrogens is 386 g/mol. The van der Waals surface area contributed by atoms with Gasteiger partial charge in [-0.15, -0.1) is 0 Å². The van der Waals surface area contributed by atoms with Crippen molar-refractivity contribution in [1.82, 2.24) is 0 Å². The van der Waals surface area contributed by atoms with Crippen molar-refractivity contribution in [3.63, 3.8) is 0 Å². The number of para-hydroxylation sites is 1. The van der Waals surface area contributed by atoms with Crippen molar-refractivity contribution < 1.29 is 27.8 Å². The number of esters is 1. The molecule has 1 unspecified atom stereocenters. The van der Waals surface area contributed by atoms with Crippen LogP contribution < -0.4 is 4.74 Å². The Balaban J connectivity index is 2.41. The predicted octanol–water partition coefficient (Wildman–Crippen LogP) is 3.43. The Kier molecular flexibility index (Phi) is 5.63. The summed E-state index contributed by atoms with van der Waals surface area (Å²) in [5.74, 6) is -4.02. The van der Waals surface area contributed by atoms with Crippen LogP contribution in [0.25, 0.3) is 0 Å². The summed E-state index contributed by atoms with van der Waals surface area (Å²) >= 11 is 2.99. The molecule has 0 N–H and O–H groups in total. The molecule has 1 atom stereocenters. The number of ketones is 1. The molecule has 0 fully saturated rings. The maximum atomic E-state index is 14.5. The predicted molar refractivity (Wildman–Crippen MR) is 88.0 cm³/mol. The zero-order chi connectivity index (χ0) is 18.0. The summed E-state index contributed by atoms with van der Waals surface area (Å²) in [4.78, 5) is 23.8. The van der Waals surface area contributed by atoms with Gasteiger partial charge in [0.2, 0.25) is 0 Å². The van der Waals surface area contributed by atoms with Crippen LogP contribution in [0.2, 0.25) is 0 Å². The Labute approximate surface area is 147 Å². The Morgan fingerprint density at radius 3 is 2.71 bits per heavy atom. The van der Waals surface area contributed by atoms with Crippen molar-refractivity contribution in [2.24, 2.45) is 0 Å². The molecule has 0 aromatic heterocycles. The van der Waals surface area contributed by atoms with Gasteiger partial charge in [0, 0.05) is 12.0 Å². The number of rotatable bonds is 6. The molecule has 1 aliphatic heterocycles. The highest BCUT2D eigenvalue weighted by Gasteiger charge is 2.60. The summed E-state index contributed by atoms with van der Waals surface area (Å²) in [5, 5.41) is -0.175. The van der Waals surface area contributed by atoms with Crippen molar-refractivity contribution in [1.29, 1.82) is 0 Å². The quantitative estimate of drug-likeness (QED) is 0.538. The largest absolute Gasteiger partial charge is 0.487 e. The first-order valence-corrected chi connectivity index (χ1v) is 8.78. The maximum absolute atomic E-state index is 14.5. The average Bonchev–Trinajstić information content (AvgIpc) is 2.56. The lowest BCUT2D eigenvalue weighted by atomic mass is 9.71. The topological polar surface area (TPSA) is 52.6 Å². The van der Waals surface area contributed by atoms with Crippen LogP contribution in [0.3, 0.4) is 0 Å². The van der Waals surface area contributed by atoms with Crippen molar-refractivity contribution in [3.8, 4) is 5.75 Å². The van der Waals surface area contributed by atoms with E-state index in [1.807, 2.05) is 0 Å².